The summed E-state index contributed by atoms with van der Waals surface area (Å²) in [6, 6.07) is 8.82. The van der Waals surface area contributed by atoms with Gasteiger partial charge in [0, 0.05) is 20.5 Å². The van der Waals surface area contributed by atoms with E-state index in [2.05, 4.69) is 15.9 Å². The summed E-state index contributed by atoms with van der Waals surface area (Å²) in [4.78, 5) is 0.830. The van der Waals surface area contributed by atoms with Crippen LogP contribution in [-0.2, 0) is 0 Å². The Morgan fingerprint density at radius 2 is 1.94 bits per heavy atom. The molecule has 5 heteroatoms. The van der Waals surface area contributed by atoms with Gasteiger partial charge in [0.2, 0.25) is 0 Å². The molecule has 0 fully saturated rings. The first-order valence-electron chi connectivity index (χ1n) is 4.46. The summed E-state index contributed by atoms with van der Waals surface area (Å²) >= 11 is 16.7. The molecule has 2 aromatic rings. The summed E-state index contributed by atoms with van der Waals surface area (Å²) in [6.45, 7) is 0. The molecule has 16 heavy (non-hydrogen) atoms. The Morgan fingerprint density at radius 1 is 1.19 bits per heavy atom. The molecule has 1 heterocycles. The van der Waals surface area contributed by atoms with Gasteiger partial charge in [-0.3, -0.25) is 0 Å². The van der Waals surface area contributed by atoms with E-state index in [1.165, 1.54) is 11.3 Å². The Balaban J connectivity index is 2.40. The van der Waals surface area contributed by atoms with Crippen LogP contribution in [0.3, 0.4) is 0 Å². The number of halogens is 3. The van der Waals surface area contributed by atoms with Crippen molar-refractivity contribution in [3.63, 3.8) is 0 Å². The van der Waals surface area contributed by atoms with Gasteiger partial charge in [-0.05, 0) is 46.3 Å². The highest BCUT2D eigenvalue weighted by Gasteiger charge is 2.16. The van der Waals surface area contributed by atoms with Crippen molar-refractivity contribution < 1.29 is 5.11 Å². The van der Waals surface area contributed by atoms with Crippen LogP contribution in [-0.4, -0.2) is 5.11 Å². The van der Waals surface area contributed by atoms with Crippen molar-refractivity contribution in [3.8, 4) is 0 Å². The number of rotatable bonds is 2. The van der Waals surface area contributed by atoms with Crippen LogP contribution in [0.1, 0.15) is 16.5 Å². The number of hydrogen-bond acceptors (Lipinski definition) is 2. The molecular weight excluding hydrogens is 331 g/mol. The molecule has 0 saturated heterocycles. The van der Waals surface area contributed by atoms with Crippen LogP contribution in [0, 0.1) is 0 Å². The highest BCUT2D eigenvalue weighted by molar-refractivity contribution is 9.11. The molecular formula is C11H7BrCl2OS. The van der Waals surface area contributed by atoms with E-state index in [0.717, 1.165) is 8.66 Å². The van der Waals surface area contributed by atoms with Gasteiger partial charge in [-0.1, -0.05) is 23.2 Å². The van der Waals surface area contributed by atoms with Crippen molar-refractivity contribution in [1.82, 2.24) is 0 Å². The molecule has 1 N–H and O–H groups in total. The topological polar surface area (TPSA) is 20.2 Å². The van der Waals surface area contributed by atoms with Crippen LogP contribution in [0.25, 0.3) is 0 Å². The van der Waals surface area contributed by atoms with Crippen molar-refractivity contribution in [2.45, 2.75) is 6.10 Å². The van der Waals surface area contributed by atoms with E-state index < -0.39 is 6.10 Å². The summed E-state index contributed by atoms with van der Waals surface area (Å²) < 4.78 is 0.972. The predicted octanol–water partition coefficient (Wildman–Crippen LogP) is 4.90. The van der Waals surface area contributed by atoms with E-state index in [1.54, 1.807) is 18.2 Å². The van der Waals surface area contributed by atoms with Gasteiger partial charge in [0.1, 0.15) is 6.10 Å². The van der Waals surface area contributed by atoms with Gasteiger partial charge in [-0.25, -0.2) is 0 Å². The largest absolute Gasteiger partial charge is 0.383 e. The van der Waals surface area contributed by atoms with Gasteiger partial charge in [-0.2, -0.15) is 0 Å². The molecule has 0 radical (unpaired) electrons. The van der Waals surface area contributed by atoms with E-state index >= 15 is 0 Å². The normalized spacial score (nSPS) is 12.8. The van der Waals surface area contributed by atoms with Crippen molar-refractivity contribution >= 4 is 50.5 Å². The maximum atomic E-state index is 10.2. The third-order valence-corrected chi connectivity index (χ3v) is 4.37. The summed E-state index contributed by atoms with van der Waals surface area (Å²) in [6.07, 6.45) is -0.734. The molecule has 0 spiro atoms. The molecule has 84 valence electrons. The van der Waals surface area contributed by atoms with Crippen molar-refractivity contribution in [2.24, 2.45) is 0 Å². The molecule has 0 saturated carbocycles. The van der Waals surface area contributed by atoms with E-state index in [4.69, 9.17) is 23.2 Å². The Hall–Kier alpha value is -0.0600. The molecule has 1 aromatic carbocycles. The van der Waals surface area contributed by atoms with Gasteiger partial charge >= 0.3 is 0 Å². The predicted molar refractivity (Wildman–Crippen MR) is 72.5 cm³/mol. The molecule has 0 bridgehead atoms. The van der Waals surface area contributed by atoms with Gasteiger partial charge in [0.15, 0.2) is 0 Å². The van der Waals surface area contributed by atoms with Gasteiger partial charge in [0.25, 0.3) is 0 Å². The molecule has 0 aliphatic rings. The third-order valence-electron chi connectivity index (χ3n) is 2.12. The van der Waals surface area contributed by atoms with Crippen LogP contribution in [0.4, 0.5) is 0 Å². The van der Waals surface area contributed by atoms with Gasteiger partial charge in [0.05, 0.1) is 3.79 Å². The van der Waals surface area contributed by atoms with Crippen LogP contribution < -0.4 is 0 Å². The van der Waals surface area contributed by atoms with Crippen LogP contribution in [0.5, 0.6) is 0 Å². The van der Waals surface area contributed by atoms with Gasteiger partial charge < -0.3 is 5.11 Å². The second-order valence-electron chi connectivity index (χ2n) is 3.21. The Kier molecular flexibility index (Phi) is 3.93. The molecule has 2 rings (SSSR count). The third kappa shape index (κ3) is 2.60. The zero-order chi connectivity index (χ0) is 11.7. The maximum Gasteiger partial charge on any atom is 0.115 e. The maximum absolute atomic E-state index is 10.2. The Morgan fingerprint density at radius 3 is 2.56 bits per heavy atom. The molecule has 0 aliphatic carbocycles. The SMILES string of the molecule is OC(c1ccc(Br)s1)c1cc(Cl)ccc1Cl. The zero-order valence-corrected chi connectivity index (χ0v) is 11.9. The second kappa shape index (κ2) is 5.07. The lowest BCUT2D eigenvalue weighted by Crippen LogP contribution is -1.97. The molecule has 1 unspecified atom stereocenters. The molecule has 0 amide bonds. The Bertz CT molecular complexity index is 512. The zero-order valence-electron chi connectivity index (χ0n) is 7.95. The monoisotopic (exact) mass is 336 g/mol. The minimum absolute atomic E-state index is 0.515. The first-order chi connectivity index (χ1) is 7.58. The van der Waals surface area contributed by atoms with Crippen molar-refractivity contribution in [3.05, 3.63) is 54.6 Å². The van der Waals surface area contributed by atoms with Crippen LogP contribution >= 0.6 is 50.5 Å². The molecule has 0 aliphatic heterocycles. The van der Waals surface area contributed by atoms with Crippen molar-refractivity contribution in [2.75, 3.05) is 0 Å². The minimum Gasteiger partial charge on any atom is -0.383 e. The van der Waals surface area contributed by atoms with E-state index in [1.807, 2.05) is 12.1 Å². The molecule has 1 aromatic heterocycles. The molecule has 1 nitrogen and oxygen atoms in total. The average molecular weight is 338 g/mol. The highest BCUT2D eigenvalue weighted by Crippen LogP contribution is 2.35. The molecule has 1 atom stereocenters. The number of thiophene rings is 1. The number of aliphatic hydroxyl groups excluding tert-OH is 1. The lowest BCUT2D eigenvalue weighted by molar-refractivity contribution is 0.224. The lowest BCUT2D eigenvalue weighted by Gasteiger charge is -2.11. The number of hydrogen-bond donors (Lipinski definition) is 1. The minimum atomic E-state index is -0.734. The highest BCUT2D eigenvalue weighted by atomic mass is 79.9. The second-order valence-corrected chi connectivity index (χ2v) is 6.55. The van der Waals surface area contributed by atoms with E-state index in [-0.39, 0.29) is 0 Å². The smallest absolute Gasteiger partial charge is 0.115 e. The summed E-state index contributed by atoms with van der Waals surface area (Å²) in [5, 5.41) is 11.2. The first kappa shape index (κ1) is 12.4. The summed E-state index contributed by atoms with van der Waals surface area (Å²) in [7, 11) is 0. The Labute approximate surface area is 116 Å². The van der Waals surface area contributed by atoms with E-state index in [0.29, 0.717) is 15.6 Å². The quantitative estimate of drug-likeness (QED) is 0.826. The number of benzene rings is 1. The van der Waals surface area contributed by atoms with Crippen LogP contribution in [0.15, 0.2) is 34.1 Å². The number of aliphatic hydroxyl groups is 1. The van der Waals surface area contributed by atoms with Crippen molar-refractivity contribution in [1.29, 1.82) is 0 Å². The average Bonchev–Trinajstić information content (AvgIpc) is 2.67. The van der Waals surface area contributed by atoms with Gasteiger partial charge in [-0.15, -0.1) is 11.3 Å². The van der Waals surface area contributed by atoms with Crippen LogP contribution in [0.2, 0.25) is 10.0 Å². The fraction of sp³-hybridized carbons (Fsp3) is 0.0909. The first-order valence-corrected chi connectivity index (χ1v) is 6.82. The summed E-state index contributed by atoms with van der Waals surface area (Å²) in [5.74, 6) is 0. The fourth-order valence-electron chi connectivity index (χ4n) is 1.35. The summed E-state index contributed by atoms with van der Waals surface area (Å²) in [5.41, 5.74) is 0.628. The van der Waals surface area contributed by atoms with E-state index in [9.17, 15) is 5.11 Å². The fourth-order valence-corrected chi connectivity index (χ4v) is 3.18. The standard InChI is InChI=1S/C11H7BrCl2OS/c12-10-4-3-9(16-10)11(15)7-5-6(13)1-2-8(7)14/h1-5,11,15H. The lowest BCUT2D eigenvalue weighted by atomic mass is 10.1.